The van der Waals surface area contributed by atoms with Crippen molar-refractivity contribution in [1.82, 2.24) is 4.98 Å². The van der Waals surface area contributed by atoms with E-state index in [1.807, 2.05) is 11.3 Å². The maximum atomic E-state index is 5.05. The zero-order valence-corrected chi connectivity index (χ0v) is 15.6. The van der Waals surface area contributed by atoms with Gasteiger partial charge in [-0.1, -0.05) is 0 Å². The molecule has 23 heavy (non-hydrogen) atoms. The van der Waals surface area contributed by atoms with Crippen molar-refractivity contribution in [2.45, 2.75) is 57.8 Å². The van der Waals surface area contributed by atoms with E-state index < -0.39 is 0 Å². The van der Waals surface area contributed by atoms with Gasteiger partial charge in [-0.25, -0.2) is 4.98 Å². The van der Waals surface area contributed by atoms with Crippen molar-refractivity contribution in [1.29, 1.82) is 0 Å². The van der Waals surface area contributed by atoms with Gasteiger partial charge in [0, 0.05) is 10.8 Å². The van der Waals surface area contributed by atoms with E-state index in [4.69, 9.17) is 4.98 Å². The Bertz CT molecular complexity index is 499. The molecule has 4 bridgehead atoms. The molecule has 0 aliphatic heterocycles. The molecule has 5 rings (SSSR count). The maximum absolute atomic E-state index is 5.05. The van der Waals surface area contributed by atoms with E-state index in [1.165, 1.54) is 63.9 Å². The lowest BCUT2D eigenvalue weighted by Crippen LogP contribution is -3.12. The summed E-state index contributed by atoms with van der Waals surface area (Å²) >= 11 is 1.83. The zero-order valence-electron chi connectivity index (χ0n) is 14.7. The number of quaternary nitrogens is 1. The molecule has 0 saturated heterocycles. The van der Waals surface area contributed by atoms with Crippen LogP contribution >= 0.6 is 11.3 Å². The predicted molar refractivity (Wildman–Crippen MR) is 97.4 cm³/mol. The first kappa shape index (κ1) is 15.9. The fraction of sp³-hybridized carbons (Fsp3) is 0.842. The molecule has 4 aliphatic carbocycles. The Kier molecular flexibility index (Phi) is 4.39. The number of hydrogen-bond acceptors (Lipinski definition) is 3. The molecule has 0 unspecified atom stereocenters. The third-order valence-electron chi connectivity index (χ3n) is 6.84. The number of anilines is 1. The lowest BCUT2D eigenvalue weighted by Gasteiger charge is -2.56. The van der Waals surface area contributed by atoms with Gasteiger partial charge >= 0.3 is 0 Å². The van der Waals surface area contributed by atoms with E-state index in [0.29, 0.717) is 5.41 Å². The molecule has 128 valence electrons. The molecule has 0 atom stereocenters. The third kappa shape index (κ3) is 3.05. The first-order valence-corrected chi connectivity index (χ1v) is 10.6. The van der Waals surface area contributed by atoms with Crippen LogP contribution in [0.1, 0.15) is 58.1 Å². The summed E-state index contributed by atoms with van der Waals surface area (Å²) in [4.78, 5) is 6.71. The fourth-order valence-corrected chi connectivity index (χ4v) is 6.84. The van der Waals surface area contributed by atoms with Crippen molar-refractivity contribution in [3.63, 3.8) is 0 Å². The number of hydrogen-bond donors (Lipinski definition) is 2. The minimum Gasteiger partial charge on any atom is -0.356 e. The summed E-state index contributed by atoms with van der Waals surface area (Å²) < 4.78 is 0. The van der Waals surface area contributed by atoms with Gasteiger partial charge in [0.15, 0.2) is 5.13 Å². The summed E-state index contributed by atoms with van der Waals surface area (Å²) in [7, 11) is 0. The van der Waals surface area contributed by atoms with Crippen LogP contribution in [0.15, 0.2) is 5.38 Å². The summed E-state index contributed by atoms with van der Waals surface area (Å²) in [6, 6.07) is 0. The van der Waals surface area contributed by atoms with Crippen molar-refractivity contribution in [2.75, 3.05) is 31.5 Å². The SMILES string of the molecule is CC[NH+](CC)CCNc1nc(C23CC4CC(CC(C4)C2)C3)cs1. The molecule has 2 N–H and O–H groups in total. The Morgan fingerprint density at radius 3 is 2.30 bits per heavy atom. The lowest BCUT2D eigenvalue weighted by molar-refractivity contribution is -0.894. The van der Waals surface area contributed by atoms with Crippen LogP contribution in [-0.2, 0) is 5.41 Å². The molecule has 0 amide bonds. The van der Waals surface area contributed by atoms with Crippen molar-refractivity contribution >= 4 is 16.5 Å². The van der Waals surface area contributed by atoms with Crippen molar-refractivity contribution < 1.29 is 4.90 Å². The number of nitrogens with one attached hydrogen (secondary N) is 2. The molecular weight excluding hydrogens is 302 g/mol. The van der Waals surface area contributed by atoms with Crippen LogP contribution in [0.2, 0.25) is 0 Å². The first-order chi connectivity index (χ1) is 11.2. The van der Waals surface area contributed by atoms with Gasteiger partial charge in [0.1, 0.15) is 0 Å². The van der Waals surface area contributed by atoms with Gasteiger partial charge < -0.3 is 10.2 Å². The van der Waals surface area contributed by atoms with Crippen molar-refractivity contribution in [2.24, 2.45) is 17.8 Å². The fourth-order valence-electron chi connectivity index (χ4n) is 5.97. The standard InChI is InChI=1S/C19H31N3S/c1-3-22(4-2)6-5-20-18-21-17(13-23-18)19-10-14-7-15(11-19)9-16(8-14)12-19/h13-16H,3-12H2,1-2H3,(H,20,21)/p+1. The van der Waals surface area contributed by atoms with E-state index in [9.17, 15) is 0 Å². The van der Waals surface area contributed by atoms with Gasteiger partial charge in [-0.3, -0.25) is 0 Å². The van der Waals surface area contributed by atoms with E-state index >= 15 is 0 Å². The average molecular weight is 335 g/mol. The van der Waals surface area contributed by atoms with E-state index in [1.54, 1.807) is 4.90 Å². The number of aromatic nitrogens is 1. The highest BCUT2D eigenvalue weighted by molar-refractivity contribution is 7.13. The molecule has 1 aromatic heterocycles. The van der Waals surface area contributed by atoms with E-state index in [-0.39, 0.29) is 0 Å². The highest BCUT2D eigenvalue weighted by Crippen LogP contribution is 2.60. The van der Waals surface area contributed by atoms with Gasteiger partial charge in [-0.2, -0.15) is 0 Å². The molecule has 4 aliphatic rings. The van der Waals surface area contributed by atoms with Gasteiger partial charge in [0.05, 0.1) is 31.9 Å². The topological polar surface area (TPSA) is 29.4 Å². The van der Waals surface area contributed by atoms with Crippen LogP contribution in [0, 0.1) is 17.8 Å². The molecule has 4 heteroatoms. The molecule has 4 fully saturated rings. The number of nitrogens with zero attached hydrogens (tertiary/aromatic N) is 1. The Hall–Kier alpha value is -0.610. The molecule has 1 aromatic rings. The first-order valence-electron chi connectivity index (χ1n) is 9.74. The summed E-state index contributed by atoms with van der Waals surface area (Å²) in [5, 5.41) is 7.11. The zero-order chi connectivity index (χ0) is 15.9. The number of rotatable bonds is 7. The predicted octanol–water partition coefficient (Wildman–Crippen LogP) is 2.95. The molecular formula is C19H32N3S+. The Balaban J connectivity index is 1.40. The monoisotopic (exact) mass is 334 g/mol. The highest BCUT2D eigenvalue weighted by atomic mass is 32.1. The van der Waals surface area contributed by atoms with Crippen LogP contribution in [-0.4, -0.2) is 31.2 Å². The Morgan fingerprint density at radius 1 is 1.13 bits per heavy atom. The third-order valence-corrected chi connectivity index (χ3v) is 7.64. The number of thiazole rings is 1. The van der Waals surface area contributed by atoms with Crippen LogP contribution in [0.25, 0.3) is 0 Å². The summed E-state index contributed by atoms with van der Waals surface area (Å²) in [5.41, 5.74) is 1.88. The number of likely N-dealkylation sites (N-methyl/N-ethyl adjacent to an activating group) is 1. The molecule has 4 saturated carbocycles. The summed E-state index contributed by atoms with van der Waals surface area (Å²) in [6.07, 6.45) is 8.81. The summed E-state index contributed by atoms with van der Waals surface area (Å²) in [5.74, 6) is 3.02. The van der Waals surface area contributed by atoms with Gasteiger partial charge in [-0.05, 0) is 70.1 Å². The second-order valence-electron chi connectivity index (χ2n) is 8.37. The van der Waals surface area contributed by atoms with Gasteiger partial charge in [-0.15, -0.1) is 11.3 Å². The lowest BCUT2D eigenvalue weighted by atomic mass is 9.49. The minimum atomic E-state index is 0.454. The average Bonchev–Trinajstić information content (AvgIpc) is 3.00. The van der Waals surface area contributed by atoms with Crippen molar-refractivity contribution in [3.8, 4) is 0 Å². The Labute approximate surface area is 144 Å². The second kappa shape index (κ2) is 6.36. The molecule has 1 heterocycles. The molecule has 0 radical (unpaired) electrons. The smallest absolute Gasteiger partial charge is 0.183 e. The second-order valence-corrected chi connectivity index (χ2v) is 9.23. The molecule has 0 aromatic carbocycles. The van der Waals surface area contributed by atoms with Crippen LogP contribution in [0.4, 0.5) is 5.13 Å². The van der Waals surface area contributed by atoms with Gasteiger partial charge in [0.25, 0.3) is 0 Å². The van der Waals surface area contributed by atoms with Crippen LogP contribution in [0.3, 0.4) is 0 Å². The quantitative estimate of drug-likeness (QED) is 0.803. The minimum absolute atomic E-state index is 0.454. The van der Waals surface area contributed by atoms with E-state index in [2.05, 4.69) is 24.5 Å². The maximum Gasteiger partial charge on any atom is 0.183 e. The van der Waals surface area contributed by atoms with E-state index in [0.717, 1.165) is 29.4 Å². The van der Waals surface area contributed by atoms with Crippen molar-refractivity contribution in [3.05, 3.63) is 11.1 Å². The van der Waals surface area contributed by atoms with Crippen LogP contribution < -0.4 is 10.2 Å². The highest BCUT2D eigenvalue weighted by Gasteiger charge is 2.52. The largest absolute Gasteiger partial charge is 0.356 e. The normalized spacial score (nSPS) is 35.2. The van der Waals surface area contributed by atoms with Crippen LogP contribution in [0.5, 0.6) is 0 Å². The molecule has 0 spiro atoms. The summed E-state index contributed by atoms with van der Waals surface area (Å²) in [6.45, 7) is 9.22. The Morgan fingerprint density at radius 2 is 1.74 bits per heavy atom. The van der Waals surface area contributed by atoms with Gasteiger partial charge in [0.2, 0.25) is 0 Å². The molecule has 3 nitrogen and oxygen atoms in total.